The first-order valence-corrected chi connectivity index (χ1v) is 7.35. The monoisotopic (exact) mass is 321 g/mol. The SMILES string of the molecule is NCc1cc(C(=O)NC2CCN(c3c(F)cccc3F)C2)co1. The number of hydrogen-bond donors (Lipinski definition) is 2. The van der Waals surface area contributed by atoms with E-state index in [-0.39, 0.29) is 24.2 Å². The summed E-state index contributed by atoms with van der Waals surface area (Å²) in [4.78, 5) is 13.7. The van der Waals surface area contributed by atoms with Gasteiger partial charge in [0, 0.05) is 19.1 Å². The molecule has 1 aliphatic rings. The molecule has 0 bridgehead atoms. The van der Waals surface area contributed by atoms with E-state index in [2.05, 4.69) is 5.32 Å². The van der Waals surface area contributed by atoms with Crippen molar-refractivity contribution in [3.63, 3.8) is 0 Å². The molecule has 122 valence electrons. The highest BCUT2D eigenvalue weighted by atomic mass is 19.1. The van der Waals surface area contributed by atoms with Gasteiger partial charge in [-0.25, -0.2) is 8.78 Å². The van der Waals surface area contributed by atoms with E-state index in [9.17, 15) is 13.6 Å². The number of nitrogens with zero attached hydrogens (tertiary/aromatic N) is 1. The van der Waals surface area contributed by atoms with Gasteiger partial charge in [0.2, 0.25) is 0 Å². The summed E-state index contributed by atoms with van der Waals surface area (Å²) in [6.45, 7) is 1.05. The largest absolute Gasteiger partial charge is 0.467 e. The minimum Gasteiger partial charge on any atom is -0.467 e. The summed E-state index contributed by atoms with van der Waals surface area (Å²) in [6, 6.07) is 5.18. The van der Waals surface area contributed by atoms with E-state index in [0.717, 1.165) is 0 Å². The third kappa shape index (κ3) is 3.19. The second-order valence-electron chi connectivity index (χ2n) is 5.48. The molecule has 3 N–H and O–H groups in total. The van der Waals surface area contributed by atoms with Crippen molar-refractivity contribution in [1.82, 2.24) is 5.32 Å². The third-order valence-corrected chi connectivity index (χ3v) is 3.89. The molecule has 2 aromatic rings. The second-order valence-corrected chi connectivity index (χ2v) is 5.48. The third-order valence-electron chi connectivity index (χ3n) is 3.89. The Bertz CT molecular complexity index is 697. The fraction of sp³-hybridized carbons (Fsp3) is 0.312. The van der Waals surface area contributed by atoms with Gasteiger partial charge in [0.25, 0.3) is 5.91 Å². The van der Waals surface area contributed by atoms with Gasteiger partial charge in [-0.3, -0.25) is 4.79 Å². The molecule has 0 saturated carbocycles. The molecule has 2 heterocycles. The summed E-state index contributed by atoms with van der Waals surface area (Å²) in [5, 5.41) is 2.84. The van der Waals surface area contributed by atoms with Crippen LogP contribution in [0.15, 0.2) is 34.9 Å². The van der Waals surface area contributed by atoms with Crippen LogP contribution in [0, 0.1) is 11.6 Å². The number of carbonyl (C=O) groups is 1. The highest BCUT2D eigenvalue weighted by Gasteiger charge is 2.28. The number of halogens is 2. The van der Waals surface area contributed by atoms with Gasteiger partial charge < -0.3 is 20.4 Å². The molecule has 5 nitrogen and oxygen atoms in total. The van der Waals surface area contributed by atoms with Crippen molar-refractivity contribution in [2.45, 2.75) is 19.0 Å². The van der Waals surface area contributed by atoms with Crippen LogP contribution in [0.5, 0.6) is 0 Å². The molecule has 23 heavy (non-hydrogen) atoms. The predicted octanol–water partition coefficient (Wildman–Crippen LogP) is 2.03. The fourth-order valence-electron chi connectivity index (χ4n) is 2.75. The number of anilines is 1. The van der Waals surface area contributed by atoms with Gasteiger partial charge in [0.05, 0.1) is 12.1 Å². The Morgan fingerprint density at radius 3 is 2.78 bits per heavy atom. The Balaban J connectivity index is 1.65. The number of benzene rings is 1. The summed E-state index contributed by atoms with van der Waals surface area (Å²) in [7, 11) is 0. The van der Waals surface area contributed by atoms with Crippen LogP contribution in [0.2, 0.25) is 0 Å². The summed E-state index contributed by atoms with van der Waals surface area (Å²) in [6.07, 6.45) is 1.96. The maximum absolute atomic E-state index is 13.8. The molecule has 1 aromatic heterocycles. The lowest BCUT2D eigenvalue weighted by molar-refractivity contribution is 0.0940. The van der Waals surface area contributed by atoms with Crippen molar-refractivity contribution in [2.75, 3.05) is 18.0 Å². The Morgan fingerprint density at radius 2 is 2.13 bits per heavy atom. The lowest BCUT2D eigenvalue weighted by Crippen LogP contribution is -2.37. The Morgan fingerprint density at radius 1 is 1.39 bits per heavy atom. The minimum atomic E-state index is -0.598. The van der Waals surface area contributed by atoms with E-state index < -0.39 is 11.6 Å². The first-order chi connectivity index (χ1) is 11.1. The lowest BCUT2D eigenvalue weighted by Gasteiger charge is -2.20. The molecular formula is C16H17F2N3O2. The van der Waals surface area contributed by atoms with Gasteiger partial charge in [-0.15, -0.1) is 0 Å². The van der Waals surface area contributed by atoms with Gasteiger partial charge in [-0.2, -0.15) is 0 Å². The molecule has 1 amide bonds. The molecule has 1 aliphatic heterocycles. The smallest absolute Gasteiger partial charge is 0.254 e. The van der Waals surface area contributed by atoms with Crippen molar-refractivity contribution in [3.8, 4) is 0 Å². The number of para-hydroxylation sites is 1. The van der Waals surface area contributed by atoms with Gasteiger partial charge in [0.1, 0.15) is 29.3 Å². The molecule has 0 aliphatic carbocycles. The van der Waals surface area contributed by atoms with Crippen LogP contribution in [-0.2, 0) is 6.54 Å². The van der Waals surface area contributed by atoms with E-state index in [1.165, 1.54) is 24.5 Å². The number of hydrogen-bond acceptors (Lipinski definition) is 4. The molecule has 1 aromatic carbocycles. The van der Waals surface area contributed by atoms with E-state index in [4.69, 9.17) is 10.2 Å². The van der Waals surface area contributed by atoms with Crippen LogP contribution >= 0.6 is 0 Å². The van der Waals surface area contributed by atoms with Gasteiger partial charge >= 0.3 is 0 Å². The Hall–Kier alpha value is -2.41. The van der Waals surface area contributed by atoms with Crippen molar-refractivity contribution >= 4 is 11.6 Å². The minimum absolute atomic E-state index is 0.0435. The van der Waals surface area contributed by atoms with Crippen LogP contribution in [0.25, 0.3) is 0 Å². The molecule has 1 fully saturated rings. The molecule has 7 heteroatoms. The van der Waals surface area contributed by atoms with Gasteiger partial charge in [-0.05, 0) is 24.6 Å². The van der Waals surface area contributed by atoms with Crippen LogP contribution in [-0.4, -0.2) is 25.0 Å². The topological polar surface area (TPSA) is 71.5 Å². The Kier molecular flexibility index (Phi) is 4.29. The zero-order valence-corrected chi connectivity index (χ0v) is 12.4. The summed E-state index contributed by atoms with van der Waals surface area (Å²) in [5.74, 6) is -0.954. The van der Waals surface area contributed by atoms with E-state index in [0.29, 0.717) is 30.8 Å². The van der Waals surface area contributed by atoms with Crippen molar-refractivity contribution in [2.24, 2.45) is 5.73 Å². The summed E-state index contributed by atoms with van der Waals surface area (Å²) >= 11 is 0. The van der Waals surface area contributed by atoms with Crippen LogP contribution in [0.1, 0.15) is 22.5 Å². The quantitative estimate of drug-likeness (QED) is 0.904. The van der Waals surface area contributed by atoms with Gasteiger partial charge in [-0.1, -0.05) is 6.07 Å². The van der Waals surface area contributed by atoms with Gasteiger partial charge in [0.15, 0.2) is 0 Å². The zero-order valence-electron chi connectivity index (χ0n) is 12.4. The first kappa shape index (κ1) is 15.5. The first-order valence-electron chi connectivity index (χ1n) is 7.35. The number of amides is 1. The summed E-state index contributed by atoms with van der Waals surface area (Å²) < 4.78 is 32.7. The molecule has 1 atom stereocenters. The average molecular weight is 321 g/mol. The maximum atomic E-state index is 13.8. The highest BCUT2D eigenvalue weighted by molar-refractivity contribution is 5.94. The standard InChI is InChI=1S/C16H17F2N3O2/c17-13-2-1-3-14(18)15(13)21-5-4-11(8-21)20-16(22)10-6-12(7-19)23-9-10/h1-3,6,9,11H,4-5,7-8,19H2,(H,20,22). The molecular weight excluding hydrogens is 304 g/mol. The normalized spacial score (nSPS) is 17.5. The predicted molar refractivity (Wildman–Crippen MR) is 81.0 cm³/mol. The molecule has 1 unspecified atom stereocenters. The van der Waals surface area contributed by atoms with Crippen molar-refractivity contribution < 1.29 is 18.0 Å². The summed E-state index contributed by atoms with van der Waals surface area (Å²) in [5.41, 5.74) is 5.78. The molecule has 1 saturated heterocycles. The van der Waals surface area contributed by atoms with Crippen molar-refractivity contribution in [1.29, 1.82) is 0 Å². The molecule has 0 radical (unpaired) electrons. The van der Waals surface area contributed by atoms with E-state index in [1.807, 2.05) is 0 Å². The zero-order chi connectivity index (χ0) is 16.4. The number of nitrogens with two attached hydrogens (primary N) is 1. The van der Waals surface area contributed by atoms with Crippen molar-refractivity contribution in [3.05, 3.63) is 53.5 Å². The second kappa shape index (κ2) is 6.37. The molecule has 0 spiro atoms. The van der Waals surface area contributed by atoms with E-state index in [1.54, 1.807) is 11.0 Å². The number of carbonyl (C=O) groups excluding carboxylic acids is 1. The lowest BCUT2D eigenvalue weighted by atomic mass is 10.2. The number of nitrogens with one attached hydrogen (secondary N) is 1. The van der Waals surface area contributed by atoms with Crippen LogP contribution in [0.3, 0.4) is 0 Å². The van der Waals surface area contributed by atoms with Crippen LogP contribution < -0.4 is 16.0 Å². The van der Waals surface area contributed by atoms with E-state index >= 15 is 0 Å². The number of furan rings is 1. The van der Waals surface area contributed by atoms with Crippen LogP contribution in [0.4, 0.5) is 14.5 Å². The maximum Gasteiger partial charge on any atom is 0.254 e. The number of rotatable bonds is 4. The average Bonchev–Trinajstić information content (AvgIpc) is 3.16. The molecule has 3 rings (SSSR count). The fourth-order valence-corrected chi connectivity index (χ4v) is 2.75. The highest BCUT2D eigenvalue weighted by Crippen LogP contribution is 2.26. The Labute approximate surface area is 132 Å².